The zero-order valence-electron chi connectivity index (χ0n) is 19.8. The number of halogens is 1. The van der Waals surface area contributed by atoms with Gasteiger partial charge in [0.15, 0.2) is 11.9 Å². The number of benzene rings is 1. The number of aromatic nitrogens is 3. The lowest BCUT2D eigenvalue weighted by Gasteiger charge is -2.21. The monoisotopic (exact) mass is 446 g/mol. The van der Waals surface area contributed by atoms with Crippen LogP contribution in [0.3, 0.4) is 0 Å². The summed E-state index contributed by atoms with van der Waals surface area (Å²) in [7, 11) is 3.70. The fourth-order valence-electron chi connectivity index (χ4n) is 2.85. The number of carbonyl (C=O) groups is 1. The average Bonchev–Trinajstić information content (AvgIpc) is 3.24. The maximum atomic E-state index is 13.8. The molecule has 176 valence electrons. The summed E-state index contributed by atoms with van der Waals surface area (Å²) in [6.45, 7) is 9.62. The molecule has 0 spiro atoms. The largest absolute Gasteiger partial charge is 0.487 e. The van der Waals surface area contributed by atoms with Crippen LogP contribution in [-0.2, 0) is 6.54 Å². The summed E-state index contributed by atoms with van der Waals surface area (Å²) in [5, 5.41) is 13.4. The van der Waals surface area contributed by atoms with Gasteiger partial charge in [0, 0.05) is 31.4 Å². The first-order chi connectivity index (χ1) is 15.6. The van der Waals surface area contributed by atoms with Crippen LogP contribution in [0.4, 0.5) is 10.2 Å². The summed E-state index contributed by atoms with van der Waals surface area (Å²) in [5.74, 6) is 0.807. The van der Waals surface area contributed by atoms with E-state index in [1.54, 1.807) is 18.3 Å². The molecule has 0 unspecified atom stereocenters. The Bertz CT molecular complexity index is 941. The number of hydrogen-bond acceptors (Lipinski definition) is 7. The Kier molecular flexibility index (Phi) is 12.5. The van der Waals surface area contributed by atoms with Gasteiger partial charge < -0.3 is 20.7 Å². The van der Waals surface area contributed by atoms with E-state index in [0.717, 1.165) is 0 Å². The minimum atomic E-state index is -0.342. The highest BCUT2D eigenvalue weighted by molar-refractivity contribution is 5.83. The molecule has 0 aliphatic heterocycles. The molecule has 0 saturated heterocycles. The van der Waals surface area contributed by atoms with Crippen molar-refractivity contribution in [3.63, 3.8) is 0 Å². The topological polar surface area (TPSA) is 92.6 Å². The van der Waals surface area contributed by atoms with Gasteiger partial charge in [-0.05, 0) is 38.4 Å². The van der Waals surface area contributed by atoms with Crippen molar-refractivity contribution < 1.29 is 13.9 Å². The number of carbonyl (C=O) groups excluding carboxylic acids is 1. The normalized spacial score (nSPS) is 10.1. The molecule has 0 radical (unpaired) electrons. The molecule has 32 heavy (non-hydrogen) atoms. The number of fused-ring (bicyclic) bond motifs is 1. The van der Waals surface area contributed by atoms with Gasteiger partial charge in [-0.15, -0.1) is 0 Å². The third-order valence-electron chi connectivity index (χ3n) is 4.16. The molecular weight excluding hydrogens is 411 g/mol. The SMILES string of the molecule is CC.CC.CNCC(CNC)Oc1ccc(F)cc1CNc1ccn2ncc(C=O)c2n1. The maximum Gasteiger partial charge on any atom is 0.167 e. The van der Waals surface area contributed by atoms with Gasteiger partial charge >= 0.3 is 0 Å². The van der Waals surface area contributed by atoms with E-state index in [9.17, 15) is 9.18 Å². The molecule has 0 bridgehead atoms. The molecular formula is C23H35FN6O2. The van der Waals surface area contributed by atoms with Crippen LogP contribution < -0.4 is 20.7 Å². The second-order valence-electron chi connectivity index (χ2n) is 6.26. The van der Waals surface area contributed by atoms with E-state index in [-0.39, 0.29) is 11.9 Å². The number of nitrogens with zero attached hydrogens (tertiary/aromatic N) is 3. The molecule has 0 saturated carbocycles. The molecule has 9 heteroatoms. The van der Waals surface area contributed by atoms with Crippen LogP contribution in [0.5, 0.6) is 5.75 Å². The number of nitrogens with one attached hydrogen (secondary N) is 3. The van der Waals surface area contributed by atoms with E-state index in [1.165, 1.54) is 22.8 Å². The van der Waals surface area contributed by atoms with Crippen LogP contribution in [-0.4, -0.2) is 54.2 Å². The zero-order chi connectivity index (χ0) is 23.9. The predicted molar refractivity (Wildman–Crippen MR) is 127 cm³/mol. The van der Waals surface area contributed by atoms with Gasteiger partial charge in [0.05, 0.1) is 11.8 Å². The molecule has 3 rings (SSSR count). The van der Waals surface area contributed by atoms with Gasteiger partial charge in [-0.3, -0.25) is 4.79 Å². The molecule has 2 heterocycles. The Balaban J connectivity index is 0.00000121. The van der Waals surface area contributed by atoms with Crippen molar-refractivity contribution in [1.29, 1.82) is 0 Å². The van der Waals surface area contributed by atoms with E-state index in [0.29, 0.717) is 54.3 Å². The molecule has 2 aromatic heterocycles. The van der Waals surface area contributed by atoms with Crippen molar-refractivity contribution in [2.45, 2.75) is 40.3 Å². The van der Waals surface area contributed by atoms with Crippen LogP contribution in [0.2, 0.25) is 0 Å². The van der Waals surface area contributed by atoms with Gasteiger partial charge in [0.2, 0.25) is 0 Å². The Morgan fingerprint density at radius 2 is 1.81 bits per heavy atom. The second-order valence-corrected chi connectivity index (χ2v) is 6.26. The molecule has 8 nitrogen and oxygen atoms in total. The Labute approximate surface area is 189 Å². The van der Waals surface area contributed by atoms with Gasteiger partial charge in [-0.1, -0.05) is 27.7 Å². The zero-order valence-corrected chi connectivity index (χ0v) is 19.8. The van der Waals surface area contributed by atoms with Gasteiger partial charge in [0.25, 0.3) is 0 Å². The number of ether oxygens (including phenoxy) is 1. The summed E-state index contributed by atoms with van der Waals surface area (Å²) in [4.78, 5) is 15.5. The summed E-state index contributed by atoms with van der Waals surface area (Å²) in [6, 6.07) is 6.18. The van der Waals surface area contributed by atoms with Crippen molar-refractivity contribution in [3.8, 4) is 5.75 Å². The highest BCUT2D eigenvalue weighted by Crippen LogP contribution is 2.22. The summed E-state index contributed by atoms with van der Waals surface area (Å²) in [5.41, 5.74) is 1.53. The number of hydrogen-bond donors (Lipinski definition) is 3. The van der Waals surface area contributed by atoms with Crippen LogP contribution in [0, 0.1) is 5.82 Å². The van der Waals surface area contributed by atoms with Crippen LogP contribution in [0.1, 0.15) is 43.6 Å². The van der Waals surface area contributed by atoms with Crippen LogP contribution in [0.15, 0.2) is 36.7 Å². The van der Waals surface area contributed by atoms with Gasteiger partial charge in [-0.2, -0.15) is 5.10 Å². The minimum Gasteiger partial charge on any atom is -0.487 e. The lowest BCUT2D eigenvalue weighted by Crippen LogP contribution is -2.37. The van der Waals surface area contributed by atoms with E-state index >= 15 is 0 Å². The molecule has 0 atom stereocenters. The fourth-order valence-corrected chi connectivity index (χ4v) is 2.85. The van der Waals surface area contributed by atoms with Crippen molar-refractivity contribution in [2.24, 2.45) is 0 Å². The number of anilines is 1. The highest BCUT2D eigenvalue weighted by Gasteiger charge is 2.13. The molecule has 0 fully saturated rings. The van der Waals surface area contributed by atoms with E-state index < -0.39 is 0 Å². The van der Waals surface area contributed by atoms with Crippen molar-refractivity contribution >= 4 is 17.8 Å². The molecule has 3 aromatic rings. The number of aldehydes is 1. The van der Waals surface area contributed by atoms with Crippen LogP contribution >= 0.6 is 0 Å². The van der Waals surface area contributed by atoms with Crippen molar-refractivity contribution in [2.75, 3.05) is 32.5 Å². The Morgan fingerprint density at radius 3 is 2.44 bits per heavy atom. The average molecular weight is 447 g/mol. The van der Waals surface area contributed by atoms with Gasteiger partial charge in [0.1, 0.15) is 23.5 Å². The minimum absolute atomic E-state index is 0.101. The summed E-state index contributed by atoms with van der Waals surface area (Å²) >= 11 is 0. The summed E-state index contributed by atoms with van der Waals surface area (Å²) < 4.78 is 21.4. The highest BCUT2D eigenvalue weighted by atomic mass is 19.1. The predicted octanol–water partition coefficient (Wildman–Crippen LogP) is 3.53. The molecule has 0 aliphatic rings. The first kappa shape index (κ1) is 27.0. The number of likely N-dealkylation sites (N-methyl/N-ethyl adjacent to an activating group) is 2. The smallest absolute Gasteiger partial charge is 0.167 e. The standard InChI is InChI=1S/C19H23FN6O2.2C2H6/c1-21-10-16(11-22-2)28-17-4-3-15(20)7-13(17)8-23-18-5-6-26-19(25-18)14(12-27)9-24-26;2*1-2/h3-7,9,12,16,21-22H,8,10-11H2,1-2H3,(H,23,25);2*1-2H3. The van der Waals surface area contributed by atoms with E-state index in [1.807, 2.05) is 41.8 Å². The Hall–Kier alpha value is -3.04. The van der Waals surface area contributed by atoms with Gasteiger partial charge in [-0.25, -0.2) is 13.9 Å². The second kappa shape index (κ2) is 14.9. The third kappa shape index (κ3) is 7.58. The van der Waals surface area contributed by atoms with Crippen LogP contribution in [0.25, 0.3) is 5.65 Å². The maximum absolute atomic E-state index is 13.8. The first-order valence-corrected chi connectivity index (χ1v) is 10.9. The van der Waals surface area contributed by atoms with Crippen molar-refractivity contribution in [1.82, 2.24) is 25.2 Å². The van der Waals surface area contributed by atoms with Crippen molar-refractivity contribution in [3.05, 3.63) is 53.6 Å². The molecule has 0 aliphatic carbocycles. The summed E-state index contributed by atoms with van der Waals surface area (Å²) in [6.07, 6.45) is 3.77. The molecule has 3 N–H and O–H groups in total. The fraction of sp³-hybridized carbons (Fsp3) is 0.435. The third-order valence-corrected chi connectivity index (χ3v) is 4.16. The lowest BCUT2D eigenvalue weighted by atomic mass is 10.2. The quantitative estimate of drug-likeness (QED) is 0.410. The molecule has 0 amide bonds. The van der Waals surface area contributed by atoms with E-state index in [2.05, 4.69) is 26.0 Å². The van der Waals surface area contributed by atoms with E-state index in [4.69, 9.17) is 4.74 Å². The molecule has 1 aromatic carbocycles. The first-order valence-electron chi connectivity index (χ1n) is 10.9. The number of rotatable bonds is 10. The Morgan fingerprint density at radius 1 is 1.12 bits per heavy atom. The lowest BCUT2D eigenvalue weighted by molar-refractivity contribution is 0.112.